The highest BCUT2D eigenvalue weighted by atomic mass is 16.5. The molecule has 0 spiro atoms. The van der Waals surface area contributed by atoms with Gasteiger partial charge in [-0.2, -0.15) is 0 Å². The van der Waals surface area contributed by atoms with Crippen molar-refractivity contribution in [2.24, 2.45) is 5.92 Å². The van der Waals surface area contributed by atoms with Crippen LogP contribution in [0.25, 0.3) is 5.69 Å². The molecule has 3 N–H and O–H groups in total. The number of carbonyl (C=O) groups is 2. The van der Waals surface area contributed by atoms with Crippen LogP contribution < -0.4 is 20.7 Å². The van der Waals surface area contributed by atoms with Crippen molar-refractivity contribution in [1.82, 2.24) is 25.6 Å². The highest BCUT2D eigenvalue weighted by Gasteiger charge is 2.08. The van der Waals surface area contributed by atoms with Gasteiger partial charge in [0.05, 0.1) is 25.5 Å². The van der Waals surface area contributed by atoms with Crippen LogP contribution in [0.2, 0.25) is 0 Å². The Labute approximate surface area is 180 Å². The molecule has 31 heavy (non-hydrogen) atoms. The zero-order valence-corrected chi connectivity index (χ0v) is 17.8. The number of urea groups is 1. The van der Waals surface area contributed by atoms with Crippen LogP contribution >= 0.6 is 0 Å². The minimum absolute atomic E-state index is 0.0337. The topological polar surface area (TPSA) is 110 Å². The molecule has 2 aromatic carbocycles. The molecule has 9 heteroatoms. The average molecular weight is 422 g/mol. The van der Waals surface area contributed by atoms with Crippen LogP contribution in [0.4, 0.5) is 10.5 Å². The summed E-state index contributed by atoms with van der Waals surface area (Å²) in [5, 5.41) is 16.5. The Kier molecular flexibility index (Phi) is 7.21. The normalized spacial score (nSPS) is 10.6. The van der Waals surface area contributed by atoms with Gasteiger partial charge in [0.2, 0.25) is 5.91 Å². The van der Waals surface area contributed by atoms with E-state index in [4.69, 9.17) is 4.74 Å². The Morgan fingerprint density at radius 3 is 2.52 bits per heavy atom. The minimum Gasteiger partial charge on any atom is -0.497 e. The highest BCUT2D eigenvalue weighted by molar-refractivity contribution is 5.92. The Hall–Kier alpha value is -3.88. The van der Waals surface area contributed by atoms with Gasteiger partial charge in [-0.05, 0) is 29.8 Å². The van der Waals surface area contributed by atoms with Crippen LogP contribution in [0.5, 0.6) is 5.75 Å². The van der Waals surface area contributed by atoms with Gasteiger partial charge in [0.1, 0.15) is 11.4 Å². The lowest BCUT2D eigenvalue weighted by molar-refractivity contribution is -0.118. The predicted octanol–water partition coefficient (Wildman–Crippen LogP) is 2.87. The third-order valence-corrected chi connectivity index (χ3v) is 4.49. The molecule has 1 aromatic heterocycles. The van der Waals surface area contributed by atoms with Gasteiger partial charge < -0.3 is 20.7 Å². The van der Waals surface area contributed by atoms with Crippen molar-refractivity contribution in [3.63, 3.8) is 0 Å². The summed E-state index contributed by atoms with van der Waals surface area (Å²) in [6.45, 7) is 4.29. The summed E-state index contributed by atoms with van der Waals surface area (Å²) in [6.07, 6.45) is 1.75. The van der Waals surface area contributed by atoms with E-state index >= 15 is 0 Å². The molecule has 3 aromatic rings. The van der Waals surface area contributed by atoms with Gasteiger partial charge in [-0.3, -0.25) is 4.79 Å². The summed E-state index contributed by atoms with van der Waals surface area (Å²) < 4.78 is 6.83. The summed E-state index contributed by atoms with van der Waals surface area (Å²) in [6, 6.07) is 14.5. The lowest BCUT2D eigenvalue weighted by Gasteiger charge is -2.09. The first-order valence-corrected chi connectivity index (χ1v) is 9.92. The number of benzene rings is 2. The van der Waals surface area contributed by atoms with Crippen molar-refractivity contribution >= 4 is 17.6 Å². The van der Waals surface area contributed by atoms with E-state index in [0.29, 0.717) is 12.2 Å². The monoisotopic (exact) mass is 422 g/mol. The summed E-state index contributed by atoms with van der Waals surface area (Å²) in [5.41, 5.74) is 3.09. The molecule has 0 aliphatic carbocycles. The molecule has 0 unspecified atom stereocenters. The Balaban J connectivity index is 1.45. The van der Waals surface area contributed by atoms with Gasteiger partial charge in [0, 0.05) is 24.2 Å². The second-order valence-corrected chi connectivity index (χ2v) is 7.23. The fourth-order valence-electron chi connectivity index (χ4n) is 2.67. The van der Waals surface area contributed by atoms with E-state index in [1.807, 2.05) is 62.4 Å². The third-order valence-electron chi connectivity index (χ3n) is 4.49. The molecule has 3 rings (SSSR count). The number of carbonyl (C=O) groups excluding carboxylic acids is 2. The largest absolute Gasteiger partial charge is 0.497 e. The van der Waals surface area contributed by atoms with Crippen molar-refractivity contribution in [3.8, 4) is 11.4 Å². The number of nitrogens with one attached hydrogen (secondary N) is 3. The van der Waals surface area contributed by atoms with Crippen molar-refractivity contribution in [2.45, 2.75) is 26.9 Å². The maximum atomic E-state index is 12.1. The molecule has 0 aliphatic heterocycles. The maximum Gasteiger partial charge on any atom is 0.315 e. The van der Waals surface area contributed by atoms with Crippen LogP contribution in [-0.4, -0.2) is 34.0 Å². The van der Waals surface area contributed by atoms with Gasteiger partial charge in [-0.1, -0.05) is 37.3 Å². The maximum absolute atomic E-state index is 12.1. The second kappa shape index (κ2) is 10.2. The zero-order valence-electron chi connectivity index (χ0n) is 17.8. The number of nitrogens with zero attached hydrogens (tertiary/aromatic N) is 3. The number of anilines is 1. The molecule has 0 saturated heterocycles. The fraction of sp³-hybridized carbons (Fsp3) is 0.273. The first-order chi connectivity index (χ1) is 14.9. The van der Waals surface area contributed by atoms with Crippen LogP contribution in [0.3, 0.4) is 0 Å². The standard InChI is InChI=1S/C22H26N6O3/c1-15(2)21(29)25-17-9-7-16(8-10-17)12-23-22(30)24-13-18-14-28(27-26-18)19-5-4-6-20(11-19)31-3/h4-11,14-15H,12-13H2,1-3H3,(H,25,29)(H2,23,24,30). The summed E-state index contributed by atoms with van der Waals surface area (Å²) in [5.74, 6) is 0.609. The van der Waals surface area contributed by atoms with E-state index in [1.165, 1.54) is 0 Å². The molecule has 0 atom stereocenters. The Morgan fingerprint density at radius 2 is 1.81 bits per heavy atom. The number of ether oxygens (including phenoxy) is 1. The first-order valence-electron chi connectivity index (χ1n) is 9.92. The number of aromatic nitrogens is 3. The Bertz CT molecular complexity index is 1030. The van der Waals surface area contributed by atoms with E-state index in [2.05, 4.69) is 26.3 Å². The van der Waals surface area contributed by atoms with Gasteiger partial charge in [-0.15, -0.1) is 5.10 Å². The molecule has 0 radical (unpaired) electrons. The molecule has 162 valence electrons. The van der Waals surface area contributed by atoms with Crippen molar-refractivity contribution < 1.29 is 14.3 Å². The number of methoxy groups -OCH3 is 1. The van der Waals surface area contributed by atoms with Crippen molar-refractivity contribution in [2.75, 3.05) is 12.4 Å². The quantitative estimate of drug-likeness (QED) is 0.517. The molecule has 1 heterocycles. The lowest BCUT2D eigenvalue weighted by atomic mass is 10.1. The average Bonchev–Trinajstić information content (AvgIpc) is 3.26. The highest BCUT2D eigenvalue weighted by Crippen LogP contribution is 2.15. The van der Waals surface area contributed by atoms with E-state index in [0.717, 1.165) is 22.7 Å². The summed E-state index contributed by atoms with van der Waals surface area (Å²) in [7, 11) is 1.60. The van der Waals surface area contributed by atoms with Gasteiger partial charge in [0.25, 0.3) is 0 Å². The fourth-order valence-corrected chi connectivity index (χ4v) is 2.67. The third kappa shape index (κ3) is 6.30. The number of amides is 3. The first kappa shape index (κ1) is 21.8. The van der Waals surface area contributed by atoms with Crippen LogP contribution in [0, 0.1) is 5.92 Å². The van der Waals surface area contributed by atoms with Crippen molar-refractivity contribution in [1.29, 1.82) is 0 Å². The molecular formula is C22H26N6O3. The summed E-state index contributed by atoms with van der Waals surface area (Å²) in [4.78, 5) is 23.8. The second-order valence-electron chi connectivity index (χ2n) is 7.23. The van der Waals surface area contributed by atoms with Gasteiger partial charge in [0.15, 0.2) is 0 Å². The van der Waals surface area contributed by atoms with Crippen LogP contribution in [0.15, 0.2) is 54.7 Å². The number of hydrogen-bond donors (Lipinski definition) is 3. The summed E-state index contributed by atoms with van der Waals surface area (Å²) >= 11 is 0. The van der Waals surface area contributed by atoms with Crippen LogP contribution in [0.1, 0.15) is 25.1 Å². The molecule has 0 fully saturated rings. The number of rotatable bonds is 8. The predicted molar refractivity (Wildman–Crippen MR) is 117 cm³/mol. The molecule has 0 bridgehead atoms. The lowest BCUT2D eigenvalue weighted by Crippen LogP contribution is -2.34. The molecular weight excluding hydrogens is 396 g/mol. The van der Waals surface area contributed by atoms with E-state index in [9.17, 15) is 9.59 Å². The smallest absolute Gasteiger partial charge is 0.315 e. The molecule has 0 aliphatic rings. The van der Waals surface area contributed by atoms with Crippen LogP contribution in [-0.2, 0) is 17.9 Å². The Morgan fingerprint density at radius 1 is 1.06 bits per heavy atom. The minimum atomic E-state index is -0.312. The SMILES string of the molecule is COc1cccc(-n2cc(CNC(=O)NCc3ccc(NC(=O)C(C)C)cc3)nn2)c1. The van der Waals surface area contributed by atoms with Crippen molar-refractivity contribution in [3.05, 3.63) is 66.0 Å². The van der Waals surface area contributed by atoms with Gasteiger partial charge in [-0.25, -0.2) is 9.48 Å². The number of hydrogen-bond acceptors (Lipinski definition) is 5. The molecule has 3 amide bonds. The molecule has 9 nitrogen and oxygen atoms in total. The van der Waals surface area contributed by atoms with E-state index in [1.54, 1.807) is 18.0 Å². The van der Waals surface area contributed by atoms with E-state index in [-0.39, 0.29) is 24.4 Å². The van der Waals surface area contributed by atoms with E-state index < -0.39 is 0 Å². The zero-order chi connectivity index (χ0) is 22.2. The van der Waals surface area contributed by atoms with Gasteiger partial charge >= 0.3 is 6.03 Å². The molecule has 0 saturated carbocycles.